The lowest BCUT2D eigenvalue weighted by Crippen LogP contribution is -2.32. The second-order valence-electron chi connectivity index (χ2n) is 5.46. The lowest BCUT2D eigenvalue weighted by atomic mass is 10.0. The van der Waals surface area contributed by atoms with Gasteiger partial charge < -0.3 is 10.4 Å². The summed E-state index contributed by atoms with van der Waals surface area (Å²) in [5.41, 5.74) is 2.26. The van der Waals surface area contributed by atoms with E-state index in [2.05, 4.69) is 5.32 Å². The molecule has 0 aromatic heterocycles. The largest absolute Gasteiger partial charge is 0.395 e. The third-order valence-corrected chi connectivity index (χ3v) is 5.23. The van der Waals surface area contributed by atoms with Gasteiger partial charge in [0.2, 0.25) is 5.91 Å². The molecule has 0 aliphatic rings. The number of amides is 1. The number of rotatable bonds is 7. The molecule has 2 N–H and O–H groups in total. The van der Waals surface area contributed by atoms with Crippen LogP contribution >= 0.6 is 23.2 Å². The Hall–Kier alpha value is -1.60. The van der Waals surface area contributed by atoms with Crippen LogP contribution < -0.4 is 5.32 Å². The summed E-state index contributed by atoms with van der Waals surface area (Å²) in [6.45, 7) is -0.202. The average molecular weight is 402 g/mol. The van der Waals surface area contributed by atoms with Crippen molar-refractivity contribution < 1.29 is 18.3 Å². The first-order chi connectivity index (χ1) is 11.8. The predicted molar refractivity (Wildman–Crippen MR) is 99.5 cm³/mol. The quantitative estimate of drug-likeness (QED) is 0.746. The Labute approximate surface area is 156 Å². The van der Waals surface area contributed by atoms with Crippen LogP contribution in [-0.4, -0.2) is 38.3 Å². The van der Waals surface area contributed by atoms with Gasteiger partial charge in [0.25, 0.3) is 0 Å². The summed E-state index contributed by atoms with van der Waals surface area (Å²) in [7, 11) is -3.59. The van der Waals surface area contributed by atoms with Gasteiger partial charge in [-0.05, 0) is 34.9 Å². The molecule has 0 saturated carbocycles. The molecule has 2 aromatic carbocycles. The van der Waals surface area contributed by atoms with E-state index in [1.165, 1.54) is 0 Å². The molecular weight excluding hydrogens is 385 g/mol. The van der Waals surface area contributed by atoms with Crippen molar-refractivity contribution in [1.82, 2.24) is 5.32 Å². The van der Waals surface area contributed by atoms with Crippen molar-refractivity contribution in [3.63, 3.8) is 0 Å². The summed E-state index contributed by atoms with van der Waals surface area (Å²) in [5, 5.41) is 12.0. The molecule has 134 valence electrons. The smallest absolute Gasteiger partial charge is 0.235 e. The van der Waals surface area contributed by atoms with Gasteiger partial charge in [0.05, 0.1) is 12.4 Å². The maximum atomic E-state index is 12.1. The van der Waals surface area contributed by atoms with Crippen LogP contribution in [0.3, 0.4) is 0 Å². The average Bonchev–Trinajstić information content (AvgIpc) is 2.51. The molecular formula is C17H17Cl2NO4S. The van der Waals surface area contributed by atoms with Crippen molar-refractivity contribution in [2.45, 2.75) is 5.75 Å². The molecule has 0 heterocycles. The Bertz CT molecular complexity index is 831. The van der Waals surface area contributed by atoms with Gasteiger partial charge in [0, 0.05) is 16.6 Å². The fourth-order valence-corrected chi connectivity index (χ4v) is 4.09. The second kappa shape index (κ2) is 8.67. The number of aliphatic hydroxyl groups excluding tert-OH is 1. The number of nitrogens with one attached hydrogen (secondary N) is 1. The van der Waals surface area contributed by atoms with E-state index in [0.29, 0.717) is 15.6 Å². The Morgan fingerprint density at radius 1 is 1.00 bits per heavy atom. The molecule has 0 aliphatic carbocycles. The first kappa shape index (κ1) is 19.7. The van der Waals surface area contributed by atoms with Crippen molar-refractivity contribution in [3.05, 3.63) is 58.1 Å². The fraction of sp³-hybridized carbons (Fsp3) is 0.235. The number of carbonyl (C=O) groups excluding carboxylic acids is 1. The van der Waals surface area contributed by atoms with E-state index >= 15 is 0 Å². The molecule has 5 nitrogen and oxygen atoms in total. The Balaban J connectivity index is 2.08. The summed E-state index contributed by atoms with van der Waals surface area (Å²) < 4.78 is 24.1. The molecule has 0 spiro atoms. The van der Waals surface area contributed by atoms with E-state index < -0.39 is 21.5 Å². The number of carbonyl (C=O) groups is 1. The van der Waals surface area contributed by atoms with Gasteiger partial charge in [-0.3, -0.25) is 4.79 Å². The van der Waals surface area contributed by atoms with Gasteiger partial charge in [-0.2, -0.15) is 0 Å². The number of halogens is 2. The third kappa shape index (κ3) is 6.32. The van der Waals surface area contributed by atoms with Gasteiger partial charge in [-0.25, -0.2) is 8.42 Å². The minimum absolute atomic E-state index is 0.0330. The monoisotopic (exact) mass is 401 g/mol. The van der Waals surface area contributed by atoms with Crippen molar-refractivity contribution in [1.29, 1.82) is 0 Å². The van der Waals surface area contributed by atoms with Crippen LogP contribution in [0.15, 0.2) is 42.5 Å². The molecule has 25 heavy (non-hydrogen) atoms. The molecule has 2 aromatic rings. The molecule has 0 unspecified atom stereocenters. The molecule has 0 aliphatic heterocycles. The third-order valence-electron chi connectivity index (χ3n) is 3.32. The van der Waals surface area contributed by atoms with Crippen molar-refractivity contribution in [2.75, 3.05) is 18.9 Å². The Morgan fingerprint density at radius 3 is 2.16 bits per heavy atom. The summed E-state index contributed by atoms with van der Waals surface area (Å²) in [6.07, 6.45) is 0. The van der Waals surface area contributed by atoms with Gasteiger partial charge in [-0.15, -0.1) is 0 Å². The Morgan fingerprint density at radius 2 is 1.60 bits per heavy atom. The van der Waals surface area contributed by atoms with E-state index in [-0.39, 0.29) is 18.9 Å². The highest BCUT2D eigenvalue weighted by Gasteiger charge is 2.17. The topological polar surface area (TPSA) is 83.5 Å². The van der Waals surface area contributed by atoms with E-state index in [9.17, 15) is 13.2 Å². The summed E-state index contributed by atoms with van der Waals surface area (Å²) in [4.78, 5) is 11.5. The summed E-state index contributed by atoms with van der Waals surface area (Å²) >= 11 is 12.0. The second-order valence-corrected chi connectivity index (χ2v) is 8.40. The van der Waals surface area contributed by atoms with Crippen LogP contribution in [0.25, 0.3) is 11.1 Å². The molecule has 0 fully saturated rings. The zero-order chi connectivity index (χ0) is 18.4. The van der Waals surface area contributed by atoms with Crippen LogP contribution in [0, 0.1) is 0 Å². The van der Waals surface area contributed by atoms with Gasteiger partial charge >= 0.3 is 0 Å². The molecule has 0 saturated heterocycles. The number of hydrogen-bond donors (Lipinski definition) is 2. The first-order valence-electron chi connectivity index (χ1n) is 7.42. The zero-order valence-corrected chi connectivity index (χ0v) is 15.5. The normalized spacial score (nSPS) is 11.3. The number of sulfone groups is 1. The van der Waals surface area contributed by atoms with E-state index in [1.54, 1.807) is 42.5 Å². The highest BCUT2D eigenvalue weighted by Crippen LogP contribution is 2.27. The molecule has 0 atom stereocenters. The minimum atomic E-state index is -3.59. The van der Waals surface area contributed by atoms with Crippen LogP contribution in [0.5, 0.6) is 0 Å². The maximum Gasteiger partial charge on any atom is 0.235 e. The van der Waals surface area contributed by atoms with Crippen LogP contribution in [-0.2, 0) is 20.4 Å². The van der Waals surface area contributed by atoms with E-state index in [1.807, 2.05) is 0 Å². The van der Waals surface area contributed by atoms with Crippen molar-refractivity contribution >= 4 is 38.9 Å². The summed E-state index contributed by atoms with van der Waals surface area (Å²) in [6, 6.07) is 12.1. The zero-order valence-electron chi connectivity index (χ0n) is 13.2. The maximum absolute atomic E-state index is 12.1. The van der Waals surface area contributed by atoms with Crippen LogP contribution in [0.2, 0.25) is 10.0 Å². The standard InChI is InChI=1S/C17H17Cl2NO4S/c18-15-7-14(8-16(19)9-15)13-3-1-12(2-4-13)10-25(23,24)11-17(22)20-5-6-21/h1-4,7-9,21H,5-6,10-11H2,(H,20,22). The Kier molecular flexibility index (Phi) is 6.84. The lowest BCUT2D eigenvalue weighted by molar-refractivity contribution is -0.118. The lowest BCUT2D eigenvalue weighted by Gasteiger charge is -2.07. The fourth-order valence-electron chi connectivity index (χ4n) is 2.26. The molecule has 2 rings (SSSR count). The predicted octanol–water partition coefficient (Wildman–Crippen LogP) is 2.68. The van der Waals surface area contributed by atoms with Crippen LogP contribution in [0.4, 0.5) is 0 Å². The number of aliphatic hydroxyl groups is 1. The molecule has 8 heteroatoms. The number of hydrogen-bond acceptors (Lipinski definition) is 4. The van der Waals surface area contributed by atoms with Crippen LogP contribution in [0.1, 0.15) is 5.56 Å². The first-order valence-corrected chi connectivity index (χ1v) is 10.0. The highest BCUT2D eigenvalue weighted by atomic mass is 35.5. The minimum Gasteiger partial charge on any atom is -0.395 e. The molecule has 1 amide bonds. The van der Waals surface area contributed by atoms with Gasteiger partial charge in [0.15, 0.2) is 9.84 Å². The van der Waals surface area contributed by atoms with Gasteiger partial charge in [-0.1, -0.05) is 47.5 Å². The van der Waals surface area contributed by atoms with E-state index in [4.69, 9.17) is 28.3 Å². The van der Waals surface area contributed by atoms with Crippen molar-refractivity contribution in [3.8, 4) is 11.1 Å². The van der Waals surface area contributed by atoms with Gasteiger partial charge in [0.1, 0.15) is 5.75 Å². The van der Waals surface area contributed by atoms with Crippen molar-refractivity contribution in [2.24, 2.45) is 0 Å². The van der Waals surface area contributed by atoms with E-state index in [0.717, 1.165) is 11.1 Å². The SMILES string of the molecule is O=C(CS(=O)(=O)Cc1ccc(-c2cc(Cl)cc(Cl)c2)cc1)NCCO. The molecule has 0 radical (unpaired) electrons. The molecule has 0 bridgehead atoms. The summed E-state index contributed by atoms with van der Waals surface area (Å²) in [5.74, 6) is -1.48. The highest BCUT2D eigenvalue weighted by molar-refractivity contribution is 7.91. The number of benzene rings is 2.